The molecule has 0 aliphatic heterocycles. The molecular weight excluding hydrogens is 1080 g/mol. The molecule has 11 rings (SSSR count). The van der Waals surface area contributed by atoms with Crippen molar-refractivity contribution in [3.05, 3.63) is 273 Å². The van der Waals surface area contributed by atoms with Crippen LogP contribution in [0.3, 0.4) is 0 Å². The summed E-state index contributed by atoms with van der Waals surface area (Å²) >= 11 is 0. The van der Waals surface area contributed by atoms with Gasteiger partial charge in [-0.2, -0.15) is 0 Å². The summed E-state index contributed by atoms with van der Waals surface area (Å²) in [5.74, 6) is 29.6. The zero-order valence-electron chi connectivity index (χ0n) is 53.8. The van der Waals surface area contributed by atoms with E-state index in [0.29, 0.717) is 0 Å². The average Bonchev–Trinajstić information content (AvgIpc) is 0.778. The molecule has 0 aliphatic carbocycles. The summed E-state index contributed by atoms with van der Waals surface area (Å²) < 4.78 is 0. The lowest BCUT2D eigenvalue weighted by Gasteiger charge is -2.16. The van der Waals surface area contributed by atoms with Crippen LogP contribution in [0.25, 0.3) is 65.3 Å². The zero-order chi connectivity index (χ0) is 61.7. The topological polar surface area (TPSA) is 0 Å². The summed E-state index contributed by atoms with van der Waals surface area (Å²) in [7, 11) is 0. The first-order valence-electron chi connectivity index (χ1n) is 34.0. The van der Waals surface area contributed by atoms with E-state index in [1.807, 2.05) is 0 Å². The third-order valence-electron chi connectivity index (χ3n) is 18.0. The zero-order valence-corrected chi connectivity index (χ0v) is 53.8. The molecule has 0 spiro atoms. The van der Waals surface area contributed by atoms with Crippen LogP contribution in [0.15, 0.2) is 206 Å². The molecule has 0 fully saturated rings. The summed E-state index contributed by atoms with van der Waals surface area (Å²) in [6, 6.07) is 75.9. The normalized spacial score (nSPS) is 11.0. The van der Waals surface area contributed by atoms with Gasteiger partial charge < -0.3 is 0 Å². The van der Waals surface area contributed by atoms with Crippen LogP contribution < -0.4 is 0 Å². The second-order valence-electron chi connectivity index (χ2n) is 24.7. The monoisotopic (exact) mass is 1170 g/mol. The van der Waals surface area contributed by atoms with Crippen molar-refractivity contribution in [1.29, 1.82) is 0 Å². The second-order valence-corrected chi connectivity index (χ2v) is 24.7. The van der Waals surface area contributed by atoms with Gasteiger partial charge >= 0.3 is 0 Å². The minimum absolute atomic E-state index is 1.01. The lowest BCUT2D eigenvalue weighted by atomic mass is 9.86. The minimum atomic E-state index is 1.01. The molecule has 0 nitrogen and oxygen atoms in total. The predicted molar refractivity (Wildman–Crippen MR) is 388 cm³/mol. The third kappa shape index (κ3) is 15.7. The number of unbranched alkanes of at least 4 members (excludes halogenated alkanes) is 12. The van der Waals surface area contributed by atoms with E-state index in [0.717, 1.165) is 136 Å². The Morgan fingerprint density at radius 2 is 0.456 bits per heavy atom. The number of benzene rings is 11. The Balaban J connectivity index is 1.03. The molecule has 0 radical (unpaired) electrons. The molecule has 0 heteroatoms. The SMILES string of the molecule is CCCCCCc1ccc(C#Cc2c3ccccc3c(C#Cc3ccc(CCCCCC)cc3)c3cc(-c4ccccc4-c4ccc5c(C#Cc6ccc(CCCCCC)cc6)c6ccccc6c(C#Cc6ccc(CCCCCC)cc6)c5c4)ccc23)cc1. The largest absolute Gasteiger partial charge is 0.0654 e. The van der Waals surface area contributed by atoms with E-state index in [1.165, 1.54) is 125 Å². The molecular formula is C90H86. The molecule has 0 atom stereocenters. The quantitative estimate of drug-likeness (QED) is 0.0360. The van der Waals surface area contributed by atoms with Crippen LogP contribution in [0, 0.1) is 47.4 Å². The molecule has 0 amide bonds. The Bertz CT molecular complexity index is 4210. The van der Waals surface area contributed by atoms with Crippen LogP contribution >= 0.6 is 0 Å². The maximum Gasteiger partial charge on any atom is 0.0407 e. The molecule has 0 unspecified atom stereocenters. The van der Waals surface area contributed by atoms with Crippen molar-refractivity contribution >= 4 is 43.1 Å². The molecule has 0 aliphatic rings. The van der Waals surface area contributed by atoms with Gasteiger partial charge in [0.2, 0.25) is 0 Å². The summed E-state index contributed by atoms with van der Waals surface area (Å²) in [5, 5.41) is 8.78. The molecule has 0 heterocycles. The van der Waals surface area contributed by atoms with Crippen molar-refractivity contribution in [3.63, 3.8) is 0 Å². The van der Waals surface area contributed by atoms with Gasteiger partial charge in [-0.3, -0.25) is 0 Å². The van der Waals surface area contributed by atoms with Crippen molar-refractivity contribution in [2.75, 3.05) is 0 Å². The molecule has 446 valence electrons. The van der Waals surface area contributed by atoms with E-state index in [4.69, 9.17) is 0 Å². The fraction of sp³-hybridized carbons (Fsp3) is 0.267. The highest BCUT2D eigenvalue weighted by Crippen LogP contribution is 2.41. The van der Waals surface area contributed by atoms with Crippen LogP contribution in [0.2, 0.25) is 0 Å². The summed E-state index contributed by atoms with van der Waals surface area (Å²) in [4.78, 5) is 0. The fourth-order valence-electron chi connectivity index (χ4n) is 12.8. The molecule has 0 aromatic heterocycles. The highest BCUT2D eigenvalue weighted by molar-refractivity contribution is 6.13. The first kappa shape index (κ1) is 62.3. The van der Waals surface area contributed by atoms with Gasteiger partial charge in [0.05, 0.1) is 0 Å². The molecule has 11 aromatic rings. The van der Waals surface area contributed by atoms with E-state index in [1.54, 1.807) is 0 Å². The Hall–Kier alpha value is -9.30. The molecule has 0 saturated carbocycles. The maximum atomic E-state index is 3.78. The van der Waals surface area contributed by atoms with Gasteiger partial charge in [-0.15, -0.1) is 0 Å². The number of rotatable bonds is 22. The lowest BCUT2D eigenvalue weighted by molar-refractivity contribution is 0.667. The third-order valence-corrected chi connectivity index (χ3v) is 18.0. The maximum absolute atomic E-state index is 3.78. The van der Waals surface area contributed by atoms with Gasteiger partial charge in [0.1, 0.15) is 0 Å². The Morgan fingerprint density at radius 1 is 0.211 bits per heavy atom. The fourth-order valence-corrected chi connectivity index (χ4v) is 12.8. The van der Waals surface area contributed by atoms with Gasteiger partial charge in [-0.1, -0.05) is 298 Å². The highest BCUT2D eigenvalue weighted by Gasteiger charge is 2.18. The summed E-state index contributed by atoms with van der Waals surface area (Å²) in [6.45, 7) is 9.09. The Kier molecular flexibility index (Phi) is 22.0. The number of hydrogen-bond donors (Lipinski definition) is 0. The van der Waals surface area contributed by atoms with Crippen LogP contribution in [0.5, 0.6) is 0 Å². The molecule has 11 aromatic carbocycles. The Morgan fingerprint density at radius 3 is 0.722 bits per heavy atom. The first-order valence-corrected chi connectivity index (χ1v) is 34.0. The van der Waals surface area contributed by atoms with Crippen molar-refractivity contribution < 1.29 is 0 Å². The van der Waals surface area contributed by atoms with Gasteiger partial charge in [0, 0.05) is 44.5 Å². The first-order chi connectivity index (χ1) is 44.5. The molecule has 0 saturated heterocycles. The van der Waals surface area contributed by atoms with Gasteiger partial charge in [-0.05, 0) is 200 Å². The second kappa shape index (κ2) is 31.7. The predicted octanol–water partition coefficient (Wildman–Crippen LogP) is 23.7. The standard InChI is InChI=1S/C90H86/c1-5-9-13-17-27-67-37-45-71(46-38-67)53-59-83-79-33-23-25-35-81(79)85(61-55-73-49-41-69(42-50-73)29-19-15-11-7-3)89-65-75(57-63-87(83)89)77-31-21-22-32-78(77)76-58-64-88-84(60-54-72-47-39-68(40-48-72)28-18-14-10-6-2)80-34-24-26-36-82(80)86(90(88)66-76)62-56-74-51-43-70(44-52-74)30-20-16-12-8-4/h21-26,31-52,57-58,63-66H,5-20,27-30H2,1-4H3. The highest BCUT2D eigenvalue weighted by atomic mass is 14.2. The summed E-state index contributed by atoms with van der Waals surface area (Å²) in [5.41, 5.74) is 18.1. The van der Waals surface area contributed by atoms with E-state index in [2.05, 4.69) is 281 Å². The number of aryl methyl sites for hydroxylation is 4. The van der Waals surface area contributed by atoms with E-state index >= 15 is 0 Å². The van der Waals surface area contributed by atoms with Crippen LogP contribution in [-0.4, -0.2) is 0 Å². The van der Waals surface area contributed by atoms with Crippen LogP contribution in [0.1, 0.15) is 197 Å². The van der Waals surface area contributed by atoms with Crippen molar-refractivity contribution in [2.45, 2.75) is 156 Å². The number of fused-ring (bicyclic) bond motifs is 4. The van der Waals surface area contributed by atoms with Gasteiger partial charge in [0.25, 0.3) is 0 Å². The lowest BCUT2D eigenvalue weighted by Crippen LogP contribution is -1.94. The average molecular weight is 1170 g/mol. The number of hydrogen-bond acceptors (Lipinski definition) is 0. The van der Waals surface area contributed by atoms with Crippen molar-refractivity contribution in [1.82, 2.24) is 0 Å². The molecule has 90 heavy (non-hydrogen) atoms. The van der Waals surface area contributed by atoms with E-state index in [-0.39, 0.29) is 0 Å². The van der Waals surface area contributed by atoms with E-state index in [9.17, 15) is 0 Å². The summed E-state index contributed by atoms with van der Waals surface area (Å²) in [6.07, 6.45) is 24.5. The van der Waals surface area contributed by atoms with E-state index < -0.39 is 0 Å². The van der Waals surface area contributed by atoms with Crippen LogP contribution in [-0.2, 0) is 25.7 Å². The van der Waals surface area contributed by atoms with Crippen molar-refractivity contribution in [3.8, 4) is 69.6 Å². The van der Waals surface area contributed by atoms with Gasteiger partial charge in [-0.25, -0.2) is 0 Å². The van der Waals surface area contributed by atoms with Gasteiger partial charge in [0.15, 0.2) is 0 Å². The van der Waals surface area contributed by atoms with Crippen molar-refractivity contribution in [2.24, 2.45) is 0 Å². The Labute approximate surface area is 538 Å². The smallest absolute Gasteiger partial charge is 0.0407 e. The molecule has 0 N–H and O–H groups in total. The minimum Gasteiger partial charge on any atom is -0.0654 e. The molecule has 0 bridgehead atoms. The van der Waals surface area contributed by atoms with Crippen LogP contribution in [0.4, 0.5) is 0 Å².